The molecule has 1 rings (SSSR count). The highest BCUT2D eigenvalue weighted by Gasteiger charge is 2.29. The van der Waals surface area contributed by atoms with Gasteiger partial charge in [0.1, 0.15) is 0 Å². The van der Waals surface area contributed by atoms with Gasteiger partial charge in [-0.1, -0.05) is 26.2 Å². The van der Waals surface area contributed by atoms with E-state index in [4.69, 9.17) is 5.73 Å². The Bertz CT molecular complexity index is 268. The lowest BCUT2D eigenvalue weighted by molar-refractivity contribution is -0.130. The van der Waals surface area contributed by atoms with Crippen LogP contribution in [0.15, 0.2) is 0 Å². The van der Waals surface area contributed by atoms with E-state index in [0.29, 0.717) is 18.5 Å². The van der Waals surface area contributed by atoms with Crippen LogP contribution >= 0.6 is 0 Å². The van der Waals surface area contributed by atoms with E-state index < -0.39 is 0 Å². The Hall–Kier alpha value is -0.610. The Morgan fingerprint density at radius 2 is 1.89 bits per heavy atom. The summed E-state index contributed by atoms with van der Waals surface area (Å²) in [6, 6.07) is 0.497. The van der Waals surface area contributed by atoms with Gasteiger partial charge in [-0.3, -0.25) is 9.69 Å². The average Bonchev–Trinajstić information content (AvgIpc) is 2.62. The standard InChI is InChI=1S/C15H31N3O/c1-4-10-18(12-15(19)17(2)3)14-9-7-5-6-8-13(14)11-16/h13-14H,4-12,16H2,1-3H3. The summed E-state index contributed by atoms with van der Waals surface area (Å²) < 4.78 is 0. The Kier molecular flexibility index (Phi) is 7.39. The molecule has 19 heavy (non-hydrogen) atoms. The van der Waals surface area contributed by atoms with Gasteiger partial charge in [0.15, 0.2) is 0 Å². The van der Waals surface area contributed by atoms with Gasteiger partial charge in [0.2, 0.25) is 5.91 Å². The van der Waals surface area contributed by atoms with Crippen molar-refractivity contribution in [3.8, 4) is 0 Å². The minimum absolute atomic E-state index is 0.202. The summed E-state index contributed by atoms with van der Waals surface area (Å²) in [5.74, 6) is 0.762. The van der Waals surface area contributed by atoms with Crippen molar-refractivity contribution in [1.29, 1.82) is 0 Å². The minimum Gasteiger partial charge on any atom is -0.348 e. The summed E-state index contributed by atoms with van der Waals surface area (Å²) in [5, 5.41) is 0. The quantitative estimate of drug-likeness (QED) is 0.747. The zero-order valence-electron chi connectivity index (χ0n) is 12.9. The molecule has 0 aliphatic heterocycles. The van der Waals surface area contributed by atoms with Crippen molar-refractivity contribution in [2.75, 3.05) is 33.7 Å². The lowest BCUT2D eigenvalue weighted by Crippen LogP contribution is -2.47. The van der Waals surface area contributed by atoms with Crippen LogP contribution in [0.2, 0.25) is 0 Å². The molecular weight excluding hydrogens is 238 g/mol. The third kappa shape index (κ3) is 5.11. The summed E-state index contributed by atoms with van der Waals surface area (Å²) in [7, 11) is 3.67. The van der Waals surface area contributed by atoms with Gasteiger partial charge >= 0.3 is 0 Å². The maximum atomic E-state index is 12.0. The highest BCUT2D eigenvalue weighted by molar-refractivity contribution is 5.77. The SMILES string of the molecule is CCCN(CC(=O)N(C)C)C1CCCCCC1CN. The zero-order valence-corrected chi connectivity index (χ0v) is 12.9. The highest BCUT2D eigenvalue weighted by Crippen LogP contribution is 2.27. The van der Waals surface area contributed by atoms with Gasteiger partial charge in [-0.2, -0.15) is 0 Å². The predicted octanol–water partition coefficient (Wildman–Crippen LogP) is 1.69. The molecule has 1 aliphatic rings. The van der Waals surface area contributed by atoms with Crippen LogP contribution in [0, 0.1) is 5.92 Å². The largest absolute Gasteiger partial charge is 0.348 e. The van der Waals surface area contributed by atoms with Crippen molar-refractivity contribution in [3.63, 3.8) is 0 Å². The van der Waals surface area contributed by atoms with E-state index in [2.05, 4.69) is 11.8 Å². The van der Waals surface area contributed by atoms with Gasteiger partial charge in [-0.05, 0) is 38.3 Å². The van der Waals surface area contributed by atoms with Crippen molar-refractivity contribution < 1.29 is 4.79 Å². The van der Waals surface area contributed by atoms with Crippen molar-refractivity contribution in [1.82, 2.24) is 9.80 Å². The molecule has 2 atom stereocenters. The van der Waals surface area contributed by atoms with Gasteiger partial charge in [0, 0.05) is 20.1 Å². The third-order valence-corrected chi connectivity index (χ3v) is 4.24. The van der Waals surface area contributed by atoms with E-state index >= 15 is 0 Å². The van der Waals surface area contributed by atoms with Crippen LogP contribution in [0.4, 0.5) is 0 Å². The second kappa shape index (κ2) is 8.54. The van der Waals surface area contributed by atoms with Gasteiger partial charge in [0.25, 0.3) is 0 Å². The summed E-state index contributed by atoms with van der Waals surface area (Å²) in [6.45, 7) is 4.48. The molecule has 0 heterocycles. The number of hydrogen-bond donors (Lipinski definition) is 1. The van der Waals surface area contributed by atoms with Crippen molar-refractivity contribution in [2.45, 2.75) is 51.5 Å². The highest BCUT2D eigenvalue weighted by atomic mass is 16.2. The predicted molar refractivity (Wildman–Crippen MR) is 80.0 cm³/mol. The van der Waals surface area contributed by atoms with Gasteiger partial charge < -0.3 is 10.6 Å². The maximum Gasteiger partial charge on any atom is 0.236 e. The molecule has 0 aromatic rings. The fourth-order valence-corrected chi connectivity index (χ4v) is 3.09. The smallest absolute Gasteiger partial charge is 0.236 e. The minimum atomic E-state index is 0.202. The lowest BCUT2D eigenvalue weighted by Gasteiger charge is -2.36. The van der Waals surface area contributed by atoms with Crippen LogP contribution in [0.3, 0.4) is 0 Å². The molecule has 4 heteroatoms. The first-order valence-electron chi connectivity index (χ1n) is 7.74. The Labute approximate surface area is 118 Å². The molecule has 0 saturated heterocycles. The number of nitrogens with two attached hydrogens (primary N) is 1. The van der Waals surface area contributed by atoms with E-state index in [1.54, 1.807) is 4.90 Å². The first-order valence-corrected chi connectivity index (χ1v) is 7.74. The second-order valence-corrected chi connectivity index (χ2v) is 5.96. The number of likely N-dealkylation sites (N-methyl/N-ethyl adjacent to an activating group) is 1. The molecule has 0 aromatic heterocycles. The molecule has 0 aromatic carbocycles. The Balaban J connectivity index is 2.72. The Morgan fingerprint density at radius 1 is 1.21 bits per heavy atom. The molecule has 4 nitrogen and oxygen atoms in total. The lowest BCUT2D eigenvalue weighted by atomic mass is 9.93. The van der Waals surface area contributed by atoms with Crippen LogP contribution in [-0.4, -0.2) is 55.5 Å². The van der Waals surface area contributed by atoms with Crippen LogP contribution in [0.5, 0.6) is 0 Å². The van der Waals surface area contributed by atoms with Crippen molar-refractivity contribution in [2.24, 2.45) is 11.7 Å². The van der Waals surface area contributed by atoms with Gasteiger partial charge in [-0.25, -0.2) is 0 Å². The third-order valence-electron chi connectivity index (χ3n) is 4.24. The van der Waals surface area contributed by atoms with E-state index in [0.717, 1.165) is 19.5 Å². The van der Waals surface area contributed by atoms with Gasteiger partial charge in [-0.15, -0.1) is 0 Å². The molecule has 112 valence electrons. The van der Waals surface area contributed by atoms with Crippen LogP contribution in [0.25, 0.3) is 0 Å². The molecule has 0 bridgehead atoms. The van der Waals surface area contributed by atoms with Gasteiger partial charge in [0.05, 0.1) is 6.54 Å². The molecule has 2 N–H and O–H groups in total. The van der Waals surface area contributed by atoms with E-state index in [1.807, 2.05) is 14.1 Å². The maximum absolute atomic E-state index is 12.0. The van der Waals surface area contributed by atoms with E-state index in [9.17, 15) is 4.79 Å². The number of rotatable bonds is 6. The van der Waals surface area contributed by atoms with E-state index in [-0.39, 0.29) is 5.91 Å². The monoisotopic (exact) mass is 269 g/mol. The molecular formula is C15H31N3O. The number of carbonyl (C=O) groups excluding carboxylic acids is 1. The van der Waals surface area contributed by atoms with Crippen LogP contribution in [0.1, 0.15) is 45.4 Å². The first kappa shape index (κ1) is 16.4. The summed E-state index contributed by atoms with van der Waals surface area (Å²) >= 11 is 0. The zero-order chi connectivity index (χ0) is 14.3. The van der Waals surface area contributed by atoms with Crippen molar-refractivity contribution >= 4 is 5.91 Å². The first-order chi connectivity index (χ1) is 9.10. The number of hydrogen-bond acceptors (Lipinski definition) is 3. The topological polar surface area (TPSA) is 49.6 Å². The molecule has 1 fully saturated rings. The normalized spacial score (nSPS) is 24.3. The molecule has 0 spiro atoms. The summed E-state index contributed by atoms with van der Waals surface area (Å²) in [6.07, 6.45) is 7.39. The fourth-order valence-electron chi connectivity index (χ4n) is 3.09. The molecule has 2 unspecified atom stereocenters. The molecule has 1 aliphatic carbocycles. The molecule has 1 saturated carbocycles. The van der Waals surface area contributed by atoms with Crippen molar-refractivity contribution in [3.05, 3.63) is 0 Å². The van der Waals surface area contributed by atoms with E-state index in [1.165, 1.54) is 32.1 Å². The summed E-state index contributed by atoms with van der Waals surface area (Å²) in [4.78, 5) is 16.1. The van der Waals surface area contributed by atoms with Crippen LogP contribution < -0.4 is 5.73 Å². The summed E-state index contributed by atoms with van der Waals surface area (Å²) in [5.41, 5.74) is 5.97. The second-order valence-electron chi connectivity index (χ2n) is 5.96. The number of carbonyl (C=O) groups is 1. The average molecular weight is 269 g/mol. The number of nitrogens with zero attached hydrogens (tertiary/aromatic N) is 2. The molecule has 1 amide bonds. The number of amides is 1. The Morgan fingerprint density at radius 3 is 2.47 bits per heavy atom. The van der Waals surface area contributed by atoms with Crippen LogP contribution in [-0.2, 0) is 4.79 Å². The fraction of sp³-hybridized carbons (Fsp3) is 0.933. The molecule has 0 radical (unpaired) electrons.